The SMILES string of the molecule is Cc1cc(C(=O)N2CCN(S(=O)(=O)c3ccccc3S(C)(=O)=O)CC2)on1. The predicted molar refractivity (Wildman–Crippen MR) is 95.5 cm³/mol. The number of benzene rings is 1. The first kappa shape index (κ1) is 19.5. The highest BCUT2D eigenvalue weighted by molar-refractivity contribution is 7.93. The van der Waals surface area contributed by atoms with Gasteiger partial charge in [0.15, 0.2) is 9.84 Å². The molecule has 1 fully saturated rings. The van der Waals surface area contributed by atoms with Crippen LogP contribution >= 0.6 is 0 Å². The Balaban J connectivity index is 1.79. The normalized spacial score (nSPS) is 16.4. The van der Waals surface area contributed by atoms with Crippen molar-refractivity contribution in [2.75, 3.05) is 32.4 Å². The number of rotatable bonds is 4. The van der Waals surface area contributed by atoms with E-state index in [2.05, 4.69) is 5.16 Å². The summed E-state index contributed by atoms with van der Waals surface area (Å²) in [5, 5.41) is 3.67. The highest BCUT2D eigenvalue weighted by atomic mass is 32.2. The van der Waals surface area contributed by atoms with E-state index in [-0.39, 0.29) is 47.6 Å². The minimum Gasteiger partial charge on any atom is -0.351 e. The van der Waals surface area contributed by atoms with Gasteiger partial charge in [-0.15, -0.1) is 0 Å². The van der Waals surface area contributed by atoms with Gasteiger partial charge < -0.3 is 9.42 Å². The van der Waals surface area contributed by atoms with Crippen LogP contribution in [0.25, 0.3) is 0 Å². The van der Waals surface area contributed by atoms with Crippen molar-refractivity contribution in [3.63, 3.8) is 0 Å². The zero-order chi connectivity index (χ0) is 19.8. The molecule has 1 aliphatic heterocycles. The lowest BCUT2D eigenvalue weighted by Crippen LogP contribution is -2.50. The number of hydrogen-bond acceptors (Lipinski definition) is 7. The predicted octanol–water partition coefficient (Wildman–Crippen LogP) is 0.533. The van der Waals surface area contributed by atoms with Crippen LogP contribution in [0.15, 0.2) is 44.6 Å². The van der Waals surface area contributed by atoms with E-state index < -0.39 is 19.9 Å². The molecule has 1 aliphatic rings. The van der Waals surface area contributed by atoms with Gasteiger partial charge in [-0.25, -0.2) is 16.8 Å². The highest BCUT2D eigenvalue weighted by Crippen LogP contribution is 2.25. The molecule has 146 valence electrons. The van der Waals surface area contributed by atoms with E-state index in [1.807, 2.05) is 0 Å². The summed E-state index contributed by atoms with van der Waals surface area (Å²) in [5.41, 5.74) is 0.581. The molecule has 0 saturated carbocycles. The molecule has 1 saturated heterocycles. The third-order valence-electron chi connectivity index (χ3n) is 4.23. The molecule has 3 rings (SSSR count). The number of amides is 1. The number of aryl methyl sites for hydroxylation is 1. The number of piperazine rings is 1. The second kappa shape index (κ2) is 7.06. The van der Waals surface area contributed by atoms with Gasteiger partial charge in [-0.1, -0.05) is 17.3 Å². The van der Waals surface area contributed by atoms with Crippen LogP contribution in [0.3, 0.4) is 0 Å². The first-order chi connectivity index (χ1) is 12.6. The quantitative estimate of drug-likeness (QED) is 0.717. The summed E-state index contributed by atoms with van der Waals surface area (Å²) in [6.45, 7) is 2.14. The lowest BCUT2D eigenvalue weighted by atomic mass is 10.3. The van der Waals surface area contributed by atoms with E-state index in [0.29, 0.717) is 5.69 Å². The van der Waals surface area contributed by atoms with E-state index >= 15 is 0 Å². The minimum absolute atomic E-state index is 0.0549. The minimum atomic E-state index is -4.01. The second-order valence-electron chi connectivity index (χ2n) is 6.25. The van der Waals surface area contributed by atoms with E-state index in [4.69, 9.17) is 4.52 Å². The summed E-state index contributed by atoms with van der Waals surface area (Å²) < 4.78 is 55.9. The number of aromatic nitrogens is 1. The van der Waals surface area contributed by atoms with Crippen molar-refractivity contribution in [1.82, 2.24) is 14.4 Å². The summed E-state index contributed by atoms with van der Waals surface area (Å²) in [6.07, 6.45) is 0.970. The fourth-order valence-electron chi connectivity index (χ4n) is 2.86. The Morgan fingerprint density at radius 3 is 2.15 bits per heavy atom. The first-order valence-electron chi connectivity index (χ1n) is 8.12. The summed E-state index contributed by atoms with van der Waals surface area (Å²) in [4.78, 5) is 13.4. The van der Waals surface area contributed by atoms with Gasteiger partial charge in [0.25, 0.3) is 5.91 Å². The van der Waals surface area contributed by atoms with E-state index in [9.17, 15) is 21.6 Å². The van der Waals surface area contributed by atoms with Gasteiger partial charge in [0.1, 0.15) is 4.90 Å². The summed E-state index contributed by atoms with van der Waals surface area (Å²) in [5.74, 6) is -0.254. The molecule has 2 heterocycles. The Hall–Kier alpha value is -2.24. The maximum absolute atomic E-state index is 12.9. The van der Waals surface area contributed by atoms with Crippen molar-refractivity contribution in [3.8, 4) is 0 Å². The molecule has 1 aromatic carbocycles. The molecular weight excluding hydrogens is 394 g/mol. The molecule has 0 atom stereocenters. The maximum Gasteiger partial charge on any atom is 0.292 e. The van der Waals surface area contributed by atoms with Crippen LogP contribution in [-0.2, 0) is 19.9 Å². The number of sulfonamides is 1. The average Bonchev–Trinajstić information content (AvgIpc) is 3.07. The maximum atomic E-state index is 12.9. The van der Waals surface area contributed by atoms with Crippen LogP contribution in [0.1, 0.15) is 16.2 Å². The fraction of sp³-hybridized carbons (Fsp3) is 0.375. The van der Waals surface area contributed by atoms with Gasteiger partial charge in [0.05, 0.1) is 10.6 Å². The zero-order valence-electron chi connectivity index (χ0n) is 14.8. The van der Waals surface area contributed by atoms with Crippen LogP contribution in [0, 0.1) is 6.92 Å². The number of sulfone groups is 1. The van der Waals surface area contributed by atoms with Crippen molar-refractivity contribution in [3.05, 3.63) is 41.8 Å². The number of carbonyl (C=O) groups excluding carboxylic acids is 1. The smallest absolute Gasteiger partial charge is 0.292 e. The fourth-order valence-corrected chi connectivity index (χ4v) is 5.88. The van der Waals surface area contributed by atoms with Crippen molar-refractivity contribution in [1.29, 1.82) is 0 Å². The number of carbonyl (C=O) groups is 1. The van der Waals surface area contributed by atoms with Crippen molar-refractivity contribution in [2.24, 2.45) is 0 Å². The monoisotopic (exact) mass is 413 g/mol. The third-order valence-corrected chi connectivity index (χ3v) is 7.47. The molecule has 0 radical (unpaired) electrons. The molecule has 0 spiro atoms. The van der Waals surface area contributed by atoms with E-state index in [1.165, 1.54) is 39.5 Å². The Morgan fingerprint density at radius 1 is 1.04 bits per heavy atom. The summed E-state index contributed by atoms with van der Waals surface area (Å²) >= 11 is 0. The van der Waals surface area contributed by atoms with Crippen LogP contribution in [0.2, 0.25) is 0 Å². The highest BCUT2D eigenvalue weighted by Gasteiger charge is 2.34. The molecule has 9 nitrogen and oxygen atoms in total. The Morgan fingerprint density at radius 2 is 1.63 bits per heavy atom. The molecule has 27 heavy (non-hydrogen) atoms. The van der Waals surface area contributed by atoms with Crippen molar-refractivity contribution < 1.29 is 26.2 Å². The molecule has 11 heteroatoms. The molecule has 1 aromatic heterocycles. The number of hydrogen-bond donors (Lipinski definition) is 0. The zero-order valence-corrected chi connectivity index (χ0v) is 16.5. The van der Waals surface area contributed by atoms with E-state index in [0.717, 1.165) is 6.26 Å². The van der Waals surface area contributed by atoms with Gasteiger partial charge in [-0.3, -0.25) is 4.79 Å². The third kappa shape index (κ3) is 3.89. The molecule has 0 unspecified atom stereocenters. The topological polar surface area (TPSA) is 118 Å². The van der Waals surface area contributed by atoms with Crippen LogP contribution < -0.4 is 0 Å². The molecule has 0 bridgehead atoms. The molecule has 2 aromatic rings. The van der Waals surface area contributed by atoms with Gasteiger partial charge in [0, 0.05) is 38.5 Å². The van der Waals surface area contributed by atoms with Gasteiger partial charge in [-0.2, -0.15) is 4.31 Å². The van der Waals surface area contributed by atoms with Crippen LogP contribution in [-0.4, -0.2) is 69.5 Å². The Bertz CT molecular complexity index is 1070. The summed E-state index contributed by atoms with van der Waals surface area (Å²) in [6, 6.07) is 7.03. The van der Waals surface area contributed by atoms with Gasteiger partial charge in [0.2, 0.25) is 15.8 Å². The van der Waals surface area contributed by atoms with Gasteiger partial charge >= 0.3 is 0 Å². The Kier molecular flexibility index (Phi) is 5.10. The molecule has 0 aliphatic carbocycles. The van der Waals surface area contributed by atoms with Gasteiger partial charge in [-0.05, 0) is 19.1 Å². The van der Waals surface area contributed by atoms with Crippen LogP contribution in [0.5, 0.6) is 0 Å². The molecule has 0 N–H and O–H groups in total. The molecule has 1 amide bonds. The standard InChI is InChI=1S/C16H19N3O6S2/c1-12-11-13(25-17-12)16(20)18-7-9-19(10-8-18)27(23,24)15-6-4-3-5-14(15)26(2,21)22/h3-6,11H,7-10H2,1-2H3. The van der Waals surface area contributed by atoms with E-state index in [1.54, 1.807) is 6.92 Å². The van der Waals surface area contributed by atoms with Crippen molar-refractivity contribution in [2.45, 2.75) is 16.7 Å². The van der Waals surface area contributed by atoms with Crippen LogP contribution in [0.4, 0.5) is 0 Å². The van der Waals surface area contributed by atoms with Crippen molar-refractivity contribution >= 4 is 25.8 Å². The molecular formula is C16H19N3O6S2. The lowest BCUT2D eigenvalue weighted by Gasteiger charge is -2.33. The largest absolute Gasteiger partial charge is 0.351 e. The Labute approximate surface area is 157 Å². The summed E-state index contributed by atoms with van der Waals surface area (Å²) in [7, 11) is -7.71. The second-order valence-corrected chi connectivity index (χ2v) is 10.1. The number of nitrogens with zero attached hydrogens (tertiary/aromatic N) is 3. The lowest BCUT2D eigenvalue weighted by molar-refractivity contribution is 0.0656. The first-order valence-corrected chi connectivity index (χ1v) is 11.5. The average molecular weight is 413 g/mol.